The lowest BCUT2D eigenvalue weighted by molar-refractivity contribution is -0.140. The average Bonchev–Trinajstić information content (AvgIpc) is 2.98. The first-order valence-electron chi connectivity index (χ1n) is 7.80. The zero-order valence-electron chi connectivity index (χ0n) is 13.4. The number of carboxylic acids is 1. The Balaban J connectivity index is 2.10. The number of sulfonamides is 1. The number of carboxylic acid groups (broad SMARTS) is 1. The monoisotopic (exact) mass is 341 g/mol. The van der Waals surface area contributed by atoms with Gasteiger partial charge in [0.15, 0.2) is 0 Å². The van der Waals surface area contributed by atoms with Crippen LogP contribution in [-0.4, -0.2) is 43.0 Å². The molecule has 1 aliphatic rings. The lowest BCUT2D eigenvalue weighted by atomic mass is 10.1. The average molecular weight is 341 g/mol. The number of hydrogen-bond donors (Lipinski definition) is 1. The molecule has 0 aliphatic carbocycles. The fourth-order valence-electron chi connectivity index (χ4n) is 2.53. The van der Waals surface area contributed by atoms with Crippen molar-refractivity contribution in [2.75, 3.05) is 13.2 Å². The Morgan fingerprint density at radius 2 is 2.00 bits per heavy atom. The first-order chi connectivity index (χ1) is 10.8. The van der Waals surface area contributed by atoms with Crippen LogP contribution in [0.25, 0.3) is 0 Å². The van der Waals surface area contributed by atoms with Crippen molar-refractivity contribution < 1.29 is 23.1 Å². The van der Waals surface area contributed by atoms with Crippen molar-refractivity contribution in [1.82, 2.24) is 4.31 Å². The van der Waals surface area contributed by atoms with Crippen LogP contribution in [0.5, 0.6) is 5.75 Å². The third-order valence-corrected chi connectivity index (χ3v) is 5.81. The van der Waals surface area contributed by atoms with E-state index in [1.165, 1.54) is 12.1 Å². The third-order valence-electron chi connectivity index (χ3n) is 3.88. The van der Waals surface area contributed by atoms with E-state index in [1.54, 1.807) is 12.1 Å². The number of benzene rings is 1. The maximum absolute atomic E-state index is 12.6. The van der Waals surface area contributed by atoms with Gasteiger partial charge in [-0.2, -0.15) is 4.31 Å². The van der Waals surface area contributed by atoms with Gasteiger partial charge in [-0.3, -0.25) is 4.79 Å². The Labute approximate surface area is 137 Å². The van der Waals surface area contributed by atoms with Gasteiger partial charge in [0.2, 0.25) is 10.0 Å². The summed E-state index contributed by atoms with van der Waals surface area (Å²) < 4.78 is 31.8. The third kappa shape index (κ3) is 4.23. The summed E-state index contributed by atoms with van der Waals surface area (Å²) in [6.45, 7) is 5.03. The molecule has 6 nitrogen and oxygen atoms in total. The molecule has 0 amide bonds. The summed E-state index contributed by atoms with van der Waals surface area (Å²) in [7, 11) is -3.79. The molecule has 2 rings (SSSR count). The molecule has 7 heteroatoms. The van der Waals surface area contributed by atoms with Crippen molar-refractivity contribution in [2.24, 2.45) is 5.92 Å². The molecular formula is C16H23NO5S. The first kappa shape index (κ1) is 17.7. The summed E-state index contributed by atoms with van der Waals surface area (Å²) in [5.41, 5.74) is 0. The minimum Gasteiger partial charge on any atom is -0.494 e. The second kappa shape index (κ2) is 7.31. The van der Waals surface area contributed by atoms with Crippen molar-refractivity contribution in [3.8, 4) is 5.75 Å². The minimum absolute atomic E-state index is 0.0989. The first-order valence-corrected chi connectivity index (χ1v) is 9.24. The fourth-order valence-corrected chi connectivity index (χ4v) is 4.18. The molecule has 1 aromatic carbocycles. The van der Waals surface area contributed by atoms with Crippen molar-refractivity contribution in [1.29, 1.82) is 0 Å². The van der Waals surface area contributed by atoms with Crippen molar-refractivity contribution in [3.05, 3.63) is 24.3 Å². The van der Waals surface area contributed by atoms with E-state index in [9.17, 15) is 13.2 Å². The molecule has 128 valence electrons. The zero-order valence-corrected chi connectivity index (χ0v) is 14.3. The topological polar surface area (TPSA) is 83.9 Å². The molecule has 1 N–H and O–H groups in total. The Morgan fingerprint density at radius 1 is 1.35 bits per heavy atom. The molecule has 23 heavy (non-hydrogen) atoms. The summed E-state index contributed by atoms with van der Waals surface area (Å²) in [5, 5.41) is 9.15. The Hall–Kier alpha value is -1.60. The maximum atomic E-state index is 12.6. The molecular weight excluding hydrogens is 318 g/mol. The Bertz CT molecular complexity index is 639. The SMILES string of the molecule is CC(C)CCOc1ccc(S(=O)(=O)N2CCC[C@H]2C(=O)O)cc1. The highest BCUT2D eigenvalue weighted by Crippen LogP contribution is 2.27. The molecule has 1 aromatic rings. The molecule has 1 heterocycles. The van der Waals surface area contributed by atoms with Gasteiger partial charge in [0.1, 0.15) is 11.8 Å². The summed E-state index contributed by atoms with van der Waals surface area (Å²) in [6.07, 6.45) is 1.84. The number of nitrogens with zero attached hydrogens (tertiary/aromatic N) is 1. The summed E-state index contributed by atoms with van der Waals surface area (Å²) in [6, 6.07) is 5.19. The number of hydrogen-bond acceptors (Lipinski definition) is 4. The van der Waals surface area contributed by atoms with Crippen LogP contribution < -0.4 is 4.74 Å². The second-order valence-electron chi connectivity index (χ2n) is 6.11. The zero-order chi connectivity index (χ0) is 17.0. The minimum atomic E-state index is -3.79. The van der Waals surface area contributed by atoms with Gasteiger partial charge < -0.3 is 9.84 Å². The quantitative estimate of drug-likeness (QED) is 0.823. The van der Waals surface area contributed by atoms with E-state index in [0.717, 1.165) is 10.7 Å². The van der Waals surface area contributed by atoms with E-state index in [1.807, 2.05) is 0 Å². The van der Waals surface area contributed by atoms with Crippen LogP contribution in [0.1, 0.15) is 33.1 Å². The number of rotatable bonds is 7. The molecule has 0 spiro atoms. The number of ether oxygens (including phenoxy) is 1. The van der Waals surface area contributed by atoms with Gasteiger partial charge >= 0.3 is 5.97 Å². The van der Waals surface area contributed by atoms with Crippen LogP contribution in [-0.2, 0) is 14.8 Å². The highest BCUT2D eigenvalue weighted by Gasteiger charge is 2.39. The number of carbonyl (C=O) groups is 1. The van der Waals surface area contributed by atoms with E-state index < -0.39 is 22.0 Å². The summed E-state index contributed by atoms with van der Waals surface area (Å²) >= 11 is 0. The predicted molar refractivity (Wildman–Crippen MR) is 85.9 cm³/mol. The van der Waals surface area contributed by atoms with E-state index >= 15 is 0 Å². The number of aliphatic carboxylic acids is 1. The lowest BCUT2D eigenvalue weighted by Crippen LogP contribution is -2.40. The van der Waals surface area contributed by atoms with Crippen LogP contribution in [0.4, 0.5) is 0 Å². The molecule has 0 radical (unpaired) electrons. The van der Waals surface area contributed by atoms with Crippen molar-refractivity contribution >= 4 is 16.0 Å². The van der Waals surface area contributed by atoms with E-state index in [-0.39, 0.29) is 11.4 Å². The van der Waals surface area contributed by atoms with Gasteiger partial charge in [-0.1, -0.05) is 13.8 Å². The maximum Gasteiger partial charge on any atom is 0.322 e. The smallest absolute Gasteiger partial charge is 0.322 e. The molecule has 0 aromatic heterocycles. The summed E-state index contributed by atoms with van der Waals surface area (Å²) in [4.78, 5) is 11.3. The standard InChI is InChI=1S/C16H23NO5S/c1-12(2)9-11-22-13-5-7-14(8-6-13)23(20,21)17-10-3-4-15(17)16(18)19/h5-8,12,15H,3-4,9-11H2,1-2H3,(H,18,19)/t15-/m0/s1. The molecule has 0 bridgehead atoms. The van der Waals surface area contributed by atoms with Gasteiger partial charge in [0, 0.05) is 6.54 Å². The van der Waals surface area contributed by atoms with Gasteiger partial charge in [0.25, 0.3) is 0 Å². The largest absolute Gasteiger partial charge is 0.494 e. The highest BCUT2D eigenvalue weighted by molar-refractivity contribution is 7.89. The summed E-state index contributed by atoms with van der Waals surface area (Å²) in [5.74, 6) is 0.0540. The molecule has 1 fully saturated rings. The predicted octanol–water partition coefficient (Wildman–Crippen LogP) is 2.35. The molecule has 1 atom stereocenters. The van der Waals surface area contributed by atoms with Gasteiger partial charge in [-0.15, -0.1) is 0 Å². The van der Waals surface area contributed by atoms with Gasteiger partial charge in [-0.25, -0.2) is 8.42 Å². The second-order valence-corrected chi connectivity index (χ2v) is 8.00. The molecule has 1 saturated heterocycles. The van der Waals surface area contributed by atoms with Crippen LogP contribution in [0.15, 0.2) is 29.2 Å². The van der Waals surface area contributed by atoms with Crippen molar-refractivity contribution in [3.63, 3.8) is 0 Å². The van der Waals surface area contributed by atoms with Crippen molar-refractivity contribution in [2.45, 2.75) is 44.0 Å². The molecule has 1 aliphatic heterocycles. The lowest BCUT2D eigenvalue weighted by Gasteiger charge is -2.21. The van der Waals surface area contributed by atoms with Crippen LogP contribution in [0, 0.1) is 5.92 Å². The normalized spacial score (nSPS) is 19.2. The highest BCUT2D eigenvalue weighted by atomic mass is 32.2. The van der Waals surface area contributed by atoms with E-state index in [2.05, 4.69) is 13.8 Å². The van der Waals surface area contributed by atoms with Crippen LogP contribution in [0.2, 0.25) is 0 Å². The van der Waals surface area contributed by atoms with Crippen LogP contribution >= 0.6 is 0 Å². The van der Waals surface area contributed by atoms with E-state index in [4.69, 9.17) is 9.84 Å². The molecule has 0 saturated carbocycles. The van der Waals surface area contributed by atoms with Crippen LogP contribution in [0.3, 0.4) is 0 Å². The van der Waals surface area contributed by atoms with Gasteiger partial charge in [0.05, 0.1) is 11.5 Å². The van der Waals surface area contributed by atoms with E-state index in [0.29, 0.717) is 31.1 Å². The Morgan fingerprint density at radius 3 is 2.57 bits per heavy atom. The molecule has 0 unspecified atom stereocenters. The fraction of sp³-hybridized carbons (Fsp3) is 0.562. The Kier molecular flexibility index (Phi) is 5.64. The van der Waals surface area contributed by atoms with Gasteiger partial charge in [-0.05, 0) is 49.4 Å².